The molecule has 0 saturated heterocycles. The number of hydrogen-bond donors (Lipinski definition) is 1. The molecule has 20 heavy (non-hydrogen) atoms. The van der Waals surface area contributed by atoms with Crippen LogP contribution in [-0.2, 0) is 11.3 Å². The van der Waals surface area contributed by atoms with Crippen LogP contribution in [0, 0.1) is 11.3 Å². The van der Waals surface area contributed by atoms with Crippen molar-refractivity contribution in [3.8, 4) is 11.8 Å². The lowest BCUT2D eigenvalue weighted by atomic mass is 10.2. The zero-order valence-corrected chi connectivity index (χ0v) is 10.7. The summed E-state index contributed by atoms with van der Waals surface area (Å²) in [5, 5.41) is 11.6. The number of para-hydroxylation sites is 1. The molecule has 0 saturated carbocycles. The van der Waals surface area contributed by atoms with Gasteiger partial charge in [-0.3, -0.25) is 9.78 Å². The van der Waals surface area contributed by atoms with Crippen molar-refractivity contribution in [3.63, 3.8) is 0 Å². The third-order valence-electron chi connectivity index (χ3n) is 2.56. The second-order valence-corrected chi connectivity index (χ2v) is 3.99. The fourth-order valence-electron chi connectivity index (χ4n) is 1.57. The van der Waals surface area contributed by atoms with Crippen LogP contribution in [0.2, 0.25) is 0 Å². The first-order valence-electron chi connectivity index (χ1n) is 6.08. The van der Waals surface area contributed by atoms with Crippen molar-refractivity contribution in [1.29, 1.82) is 5.26 Å². The van der Waals surface area contributed by atoms with Gasteiger partial charge in [0.1, 0.15) is 11.8 Å². The van der Waals surface area contributed by atoms with Crippen molar-refractivity contribution in [2.45, 2.75) is 6.54 Å². The van der Waals surface area contributed by atoms with Gasteiger partial charge >= 0.3 is 0 Å². The van der Waals surface area contributed by atoms with E-state index in [0.29, 0.717) is 17.9 Å². The molecule has 2 rings (SSSR count). The van der Waals surface area contributed by atoms with Crippen molar-refractivity contribution in [3.05, 3.63) is 59.9 Å². The summed E-state index contributed by atoms with van der Waals surface area (Å²) in [7, 11) is 0. The van der Waals surface area contributed by atoms with E-state index in [0.717, 1.165) is 5.69 Å². The number of carbonyl (C=O) groups is 1. The average molecular weight is 267 g/mol. The normalized spacial score (nSPS) is 9.55. The van der Waals surface area contributed by atoms with Gasteiger partial charge in [0.15, 0.2) is 6.61 Å². The largest absolute Gasteiger partial charge is 0.482 e. The second-order valence-electron chi connectivity index (χ2n) is 3.99. The summed E-state index contributed by atoms with van der Waals surface area (Å²) < 4.78 is 5.32. The molecule has 0 atom stereocenters. The van der Waals surface area contributed by atoms with Crippen LogP contribution in [0.3, 0.4) is 0 Å². The SMILES string of the molecule is N#Cc1ccccc1OCC(=O)NCc1ccccn1. The number of ether oxygens (including phenoxy) is 1. The van der Waals surface area contributed by atoms with Crippen molar-refractivity contribution >= 4 is 5.91 Å². The summed E-state index contributed by atoms with van der Waals surface area (Å²) in [4.78, 5) is 15.7. The minimum atomic E-state index is -0.261. The molecule has 1 amide bonds. The van der Waals surface area contributed by atoms with Crippen LogP contribution in [0.1, 0.15) is 11.3 Å². The van der Waals surface area contributed by atoms with Gasteiger partial charge in [-0.05, 0) is 24.3 Å². The van der Waals surface area contributed by atoms with E-state index in [1.807, 2.05) is 24.3 Å². The summed E-state index contributed by atoms with van der Waals surface area (Å²) in [6, 6.07) is 14.3. The smallest absolute Gasteiger partial charge is 0.258 e. The highest BCUT2D eigenvalue weighted by atomic mass is 16.5. The first-order valence-corrected chi connectivity index (χ1v) is 6.08. The zero-order valence-electron chi connectivity index (χ0n) is 10.7. The molecule has 0 bridgehead atoms. The maximum absolute atomic E-state index is 11.6. The number of pyridine rings is 1. The molecule has 1 aromatic heterocycles. The number of benzene rings is 1. The summed E-state index contributed by atoms with van der Waals surface area (Å²) >= 11 is 0. The van der Waals surface area contributed by atoms with Crippen LogP contribution >= 0.6 is 0 Å². The predicted octanol–water partition coefficient (Wildman–Crippen LogP) is 1.65. The van der Waals surface area contributed by atoms with Gasteiger partial charge in [0.05, 0.1) is 17.8 Å². The topological polar surface area (TPSA) is 75.0 Å². The Morgan fingerprint density at radius 1 is 1.25 bits per heavy atom. The number of nitrogens with zero attached hydrogens (tertiary/aromatic N) is 2. The van der Waals surface area contributed by atoms with Gasteiger partial charge in [-0.15, -0.1) is 0 Å². The minimum Gasteiger partial charge on any atom is -0.482 e. The molecular formula is C15H13N3O2. The van der Waals surface area contributed by atoms with Crippen molar-refractivity contribution in [2.24, 2.45) is 0 Å². The van der Waals surface area contributed by atoms with Gasteiger partial charge in [0.25, 0.3) is 5.91 Å². The Hall–Kier alpha value is -2.87. The first-order chi connectivity index (χ1) is 9.79. The van der Waals surface area contributed by atoms with Gasteiger partial charge in [0, 0.05) is 6.20 Å². The first kappa shape index (κ1) is 13.6. The molecule has 0 aliphatic carbocycles. The Morgan fingerprint density at radius 2 is 2.05 bits per heavy atom. The van der Waals surface area contributed by atoms with Crippen LogP contribution < -0.4 is 10.1 Å². The lowest BCUT2D eigenvalue weighted by Gasteiger charge is -2.08. The van der Waals surface area contributed by atoms with Gasteiger partial charge in [0.2, 0.25) is 0 Å². The van der Waals surface area contributed by atoms with E-state index in [-0.39, 0.29) is 12.5 Å². The zero-order chi connectivity index (χ0) is 14.2. The number of carbonyl (C=O) groups excluding carboxylic acids is 1. The molecule has 0 unspecified atom stereocenters. The molecule has 1 heterocycles. The molecule has 100 valence electrons. The summed E-state index contributed by atoms with van der Waals surface area (Å²) in [6.07, 6.45) is 1.67. The molecule has 5 heteroatoms. The highest BCUT2D eigenvalue weighted by molar-refractivity contribution is 5.77. The highest BCUT2D eigenvalue weighted by Gasteiger charge is 2.06. The lowest BCUT2D eigenvalue weighted by Crippen LogP contribution is -2.28. The Labute approximate surface area is 116 Å². The number of nitrogens with one attached hydrogen (secondary N) is 1. The third kappa shape index (κ3) is 3.82. The second kappa shape index (κ2) is 6.90. The van der Waals surface area contributed by atoms with Crippen LogP contribution in [0.25, 0.3) is 0 Å². The van der Waals surface area contributed by atoms with Crippen molar-refractivity contribution in [1.82, 2.24) is 10.3 Å². The summed E-state index contributed by atoms with van der Waals surface area (Å²) in [5.74, 6) is 0.145. The van der Waals surface area contributed by atoms with E-state index < -0.39 is 0 Å². The molecule has 1 aromatic carbocycles. The van der Waals surface area contributed by atoms with Crippen LogP contribution in [0.15, 0.2) is 48.7 Å². The van der Waals surface area contributed by atoms with Gasteiger partial charge in [-0.2, -0.15) is 5.26 Å². The van der Waals surface area contributed by atoms with Crippen molar-refractivity contribution in [2.75, 3.05) is 6.61 Å². The molecule has 0 aliphatic heterocycles. The van der Waals surface area contributed by atoms with E-state index in [2.05, 4.69) is 10.3 Å². The Bertz CT molecular complexity index is 621. The van der Waals surface area contributed by atoms with Gasteiger partial charge in [-0.1, -0.05) is 18.2 Å². The third-order valence-corrected chi connectivity index (χ3v) is 2.56. The lowest BCUT2D eigenvalue weighted by molar-refractivity contribution is -0.123. The fourth-order valence-corrected chi connectivity index (χ4v) is 1.57. The van der Waals surface area contributed by atoms with Crippen molar-refractivity contribution < 1.29 is 9.53 Å². The average Bonchev–Trinajstić information content (AvgIpc) is 2.52. The molecule has 0 radical (unpaired) electrons. The quantitative estimate of drug-likeness (QED) is 0.893. The monoisotopic (exact) mass is 267 g/mol. The Morgan fingerprint density at radius 3 is 2.80 bits per heavy atom. The highest BCUT2D eigenvalue weighted by Crippen LogP contribution is 2.16. The Kier molecular flexibility index (Phi) is 4.68. The van der Waals surface area contributed by atoms with E-state index in [9.17, 15) is 4.79 Å². The number of rotatable bonds is 5. The van der Waals surface area contributed by atoms with Gasteiger partial charge in [-0.25, -0.2) is 0 Å². The van der Waals surface area contributed by atoms with E-state index in [1.54, 1.807) is 30.5 Å². The van der Waals surface area contributed by atoms with Gasteiger partial charge < -0.3 is 10.1 Å². The molecule has 2 aromatic rings. The fraction of sp³-hybridized carbons (Fsp3) is 0.133. The number of amides is 1. The summed E-state index contributed by atoms with van der Waals surface area (Å²) in [5.41, 5.74) is 1.18. The molecule has 1 N–H and O–H groups in total. The number of nitriles is 1. The molecule has 0 spiro atoms. The van der Waals surface area contributed by atoms with Crippen LogP contribution in [0.5, 0.6) is 5.75 Å². The minimum absolute atomic E-state index is 0.133. The molecule has 5 nitrogen and oxygen atoms in total. The predicted molar refractivity (Wildman–Crippen MR) is 72.7 cm³/mol. The molecule has 0 aliphatic rings. The maximum Gasteiger partial charge on any atom is 0.258 e. The molecule has 0 fully saturated rings. The Balaban J connectivity index is 1.82. The van der Waals surface area contributed by atoms with E-state index >= 15 is 0 Å². The van der Waals surface area contributed by atoms with Crippen LogP contribution in [0.4, 0.5) is 0 Å². The number of hydrogen-bond acceptors (Lipinski definition) is 4. The van der Waals surface area contributed by atoms with Crippen LogP contribution in [-0.4, -0.2) is 17.5 Å². The molecular weight excluding hydrogens is 254 g/mol. The standard InChI is InChI=1S/C15H13N3O2/c16-9-12-5-1-2-7-14(12)20-11-15(19)18-10-13-6-3-4-8-17-13/h1-8H,10-11H2,(H,18,19). The number of aromatic nitrogens is 1. The summed E-state index contributed by atoms with van der Waals surface area (Å²) in [6.45, 7) is 0.217. The van der Waals surface area contributed by atoms with E-state index in [4.69, 9.17) is 10.00 Å². The maximum atomic E-state index is 11.6. The van der Waals surface area contributed by atoms with E-state index in [1.165, 1.54) is 0 Å².